The van der Waals surface area contributed by atoms with Crippen LogP contribution < -0.4 is 10.1 Å². The third-order valence-electron chi connectivity index (χ3n) is 2.13. The average molecular weight is 327 g/mol. The van der Waals surface area contributed by atoms with E-state index >= 15 is 0 Å². The fourth-order valence-corrected chi connectivity index (χ4v) is 3.99. The quantitative estimate of drug-likeness (QED) is 0.481. The zero-order valence-corrected chi connectivity index (χ0v) is 12.1. The van der Waals surface area contributed by atoms with Gasteiger partial charge in [0.05, 0.1) is 5.69 Å². The number of nitrogen functional groups attached to an aromatic ring is 1. The van der Waals surface area contributed by atoms with Gasteiger partial charge in [-0.3, -0.25) is 0 Å². The van der Waals surface area contributed by atoms with Crippen LogP contribution in [0, 0.1) is 0 Å². The Labute approximate surface area is 117 Å². The van der Waals surface area contributed by atoms with Gasteiger partial charge >= 0.3 is 0 Å². The van der Waals surface area contributed by atoms with Gasteiger partial charge in [0, 0.05) is 31.6 Å². The number of benzene rings is 2. The van der Waals surface area contributed by atoms with Crippen LogP contribution in [0.5, 0.6) is 0 Å². The maximum atomic E-state index is 5.90. The molecule has 88 valence electrons. The Hall–Kier alpha value is -0.780. The molecule has 0 aliphatic carbocycles. The van der Waals surface area contributed by atoms with Crippen LogP contribution in [-0.2, 0) is 0 Å². The summed E-state index contributed by atoms with van der Waals surface area (Å²) in [6.45, 7) is 0. The zero-order valence-electron chi connectivity index (χ0n) is 8.89. The van der Waals surface area contributed by atoms with Crippen molar-refractivity contribution in [3.8, 4) is 0 Å². The molecule has 0 amide bonds. The summed E-state index contributed by atoms with van der Waals surface area (Å²) >= 11 is 3.25. The smallest absolute Gasteiger partial charge is 0.0586 e. The molecule has 0 spiro atoms. The van der Waals surface area contributed by atoms with Crippen molar-refractivity contribution in [2.24, 2.45) is 0 Å². The topological polar surface area (TPSA) is 38.0 Å². The lowest BCUT2D eigenvalue weighted by molar-refractivity contribution is 1.47. The Kier molecular flexibility index (Phi) is 4.65. The first-order valence-corrected chi connectivity index (χ1v) is 7.90. The Morgan fingerprint density at radius 2 is 1.47 bits per heavy atom. The number of para-hydroxylation sites is 2. The van der Waals surface area contributed by atoms with Gasteiger partial charge in [-0.05, 0) is 24.3 Å². The van der Waals surface area contributed by atoms with Crippen LogP contribution in [0.2, 0.25) is 0 Å². The molecule has 2 aromatic carbocycles. The SMILES string of the molecule is Nc1ccccc1SSc1ccccc1NBr. The highest BCUT2D eigenvalue weighted by molar-refractivity contribution is 9.10. The van der Waals surface area contributed by atoms with Crippen molar-refractivity contribution >= 4 is 49.1 Å². The molecule has 0 saturated heterocycles. The number of anilines is 2. The lowest BCUT2D eigenvalue weighted by Gasteiger charge is -2.07. The summed E-state index contributed by atoms with van der Waals surface area (Å²) in [6.07, 6.45) is 0. The monoisotopic (exact) mass is 326 g/mol. The summed E-state index contributed by atoms with van der Waals surface area (Å²) in [6, 6.07) is 16.0. The van der Waals surface area contributed by atoms with E-state index in [1.165, 1.54) is 0 Å². The third kappa shape index (κ3) is 3.34. The van der Waals surface area contributed by atoms with E-state index in [2.05, 4.69) is 26.6 Å². The maximum absolute atomic E-state index is 5.90. The largest absolute Gasteiger partial charge is 0.398 e. The van der Waals surface area contributed by atoms with Crippen LogP contribution in [-0.4, -0.2) is 0 Å². The normalized spacial score (nSPS) is 10.2. The predicted octanol–water partition coefficient (Wildman–Crippen LogP) is 4.79. The van der Waals surface area contributed by atoms with Gasteiger partial charge < -0.3 is 10.1 Å². The summed E-state index contributed by atoms with van der Waals surface area (Å²) in [4.78, 5) is 2.25. The second-order valence-electron chi connectivity index (χ2n) is 3.30. The van der Waals surface area contributed by atoms with Crippen molar-refractivity contribution in [3.63, 3.8) is 0 Å². The van der Waals surface area contributed by atoms with Gasteiger partial charge in [0.15, 0.2) is 0 Å². The Balaban J connectivity index is 2.10. The van der Waals surface area contributed by atoms with Crippen LogP contribution in [0.25, 0.3) is 0 Å². The number of rotatable bonds is 4. The second-order valence-corrected chi connectivity index (χ2v) is 5.90. The number of hydrogen-bond acceptors (Lipinski definition) is 4. The molecule has 2 nitrogen and oxygen atoms in total. The van der Waals surface area contributed by atoms with Gasteiger partial charge in [0.25, 0.3) is 0 Å². The summed E-state index contributed by atoms with van der Waals surface area (Å²) in [5, 5.41) is 0. The molecule has 5 heteroatoms. The molecule has 0 bridgehead atoms. The number of halogens is 1. The van der Waals surface area contributed by atoms with Crippen molar-refractivity contribution in [1.29, 1.82) is 0 Å². The number of nitrogens with one attached hydrogen (secondary N) is 1. The Bertz CT molecular complexity index is 505. The third-order valence-corrected chi connectivity index (χ3v) is 5.05. The Morgan fingerprint density at radius 3 is 2.18 bits per heavy atom. The second kappa shape index (κ2) is 6.23. The lowest BCUT2D eigenvalue weighted by Crippen LogP contribution is -1.86. The van der Waals surface area contributed by atoms with Crippen molar-refractivity contribution in [2.45, 2.75) is 9.79 Å². The van der Waals surface area contributed by atoms with Gasteiger partial charge in [0.2, 0.25) is 0 Å². The van der Waals surface area contributed by atoms with E-state index in [4.69, 9.17) is 5.73 Å². The average Bonchev–Trinajstić information content (AvgIpc) is 2.38. The molecule has 2 rings (SSSR count). The van der Waals surface area contributed by atoms with E-state index in [1.54, 1.807) is 21.6 Å². The van der Waals surface area contributed by atoms with Crippen molar-refractivity contribution in [1.82, 2.24) is 0 Å². The molecule has 0 aliphatic rings. The first kappa shape index (κ1) is 12.7. The first-order valence-electron chi connectivity index (χ1n) is 4.96. The molecule has 0 aliphatic heterocycles. The predicted molar refractivity (Wildman–Crippen MR) is 81.6 cm³/mol. The fourth-order valence-electron chi connectivity index (χ4n) is 1.26. The highest BCUT2D eigenvalue weighted by atomic mass is 79.9. The van der Waals surface area contributed by atoms with Crippen molar-refractivity contribution < 1.29 is 0 Å². The number of nitrogens with two attached hydrogens (primary N) is 1. The lowest BCUT2D eigenvalue weighted by atomic mass is 10.3. The van der Waals surface area contributed by atoms with Gasteiger partial charge in [0.1, 0.15) is 0 Å². The van der Waals surface area contributed by atoms with Crippen LogP contribution in [0.15, 0.2) is 58.3 Å². The van der Waals surface area contributed by atoms with E-state index in [9.17, 15) is 0 Å². The number of hydrogen-bond donors (Lipinski definition) is 2. The van der Waals surface area contributed by atoms with Gasteiger partial charge in [-0.1, -0.05) is 45.9 Å². The highest BCUT2D eigenvalue weighted by Crippen LogP contribution is 2.42. The standard InChI is InChI=1S/C12H11BrN2S2/c13-15-10-6-2-4-8-12(10)17-16-11-7-3-1-5-9(11)14/h1-8,15H,14H2. The molecular formula is C12H11BrN2S2. The van der Waals surface area contributed by atoms with Crippen molar-refractivity contribution in [2.75, 3.05) is 10.1 Å². The van der Waals surface area contributed by atoms with E-state index in [1.807, 2.05) is 42.5 Å². The molecule has 0 fully saturated rings. The van der Waals surface area contributed by atoms with Crippen molar-refractivity contribution in [3.05, 3.63) is 48.5 Å². The molecule has 0 heterocycles. The molecule has 3 N–H and O–H groups in total. The first-order chi connectivity index (χ1) is 8.31. The minimum atomic E-state index is 0.814. The molecule has 0 unspecified atom stereocenters. The molecular weight excluding hydrogens is 316 g/mol. The van der Waals surface area contributed by atoms with E-state index < -0.39 is 0 Å². The summed E-state index contributed by atoms with van der Waals surface area (Å²) in [5.41, 5.74) is 7.77. The zero-order chi connectivity index (χ0) is 12.1. The van der Waals surface area contributed by atoms with Crippen LogP contribution in [0.3, 0.4) is 0 Å². The fraction of sp³-hybridized carbons (Fsp3) is 0. The van der Waals surface area contributed by atoms with Crippen LogP contribution in [0.1, 0.15) is 0 Å². The maximum Gasteiger partial charge on any atom is 0.0586 e. The van der Waals surface area contributed by atoms with E-state index in [0.717, 1.165) is 21.2 Å². The van der Waals surface area contributed by atoms with Gasteiger partial charge in [-0.25, -0.2) is 0 Å². The summed E-state index contributed by atoms with van der Waals surface area (Å²) < 4.78 is 2.99. The van der Waals surface area contributed by atoms with Gasteiger partial charge in [-0.2, -0.15) is 0 Å². The molecule has 0 saturated carbocycles. The van der Waals surface area contributed by atoms with E-state index in [0.29, 0.717) is 0 Å². The Morgan fingerprint density at radius 1 is 0.882 bits per heavy atom. The van der Waals surface area contributed by atoms with Crippen LogP contribution >= 0.6 is 37.7 Å². The minimum Gasteiger partial charge on any atom is -0.398 e. The van der Waals surface area contributed by atoms with E-state index in [-0.39, 0.29) is 0 Å². The molecule has 0 aromatic heterocycles. The highest BCUT2D eigenvalue weighted by Gasteiger charge is 2.04. The molecule has 17 heavy (non-hydrogen) atoms. The van der Waals surface area contributed by atoms with Crippen LogP contribution in [0.4, 0.5) is 11.4 Å². The molecule has 2 aromatic rings. The molecule has 0 radical (unpaired) electrons. The minimum absolute atomic E-state index is 0.814. The summed E-state index contributed by atoms with van der Waals surface area (Å²) in [7, 11) is 3.34. The summed E-state index contributed by atoms with van der Waals surface area (Å²) in [5.74, 6) is 0. The molecule has 0 atom stereocenters. The van der Waals surface area contributed by atoms with Gasteiger partial charge in [-0.15, -0.1) is 0 Å².